The van der Waals surface area contributed by atoms with Gasteiger partial charge in [-0.25, -0.2) is 0 Å². The van der Waals surface area contributed by atoms with Gasteiger partial charge in [0, 0.05) is 51.2 Å². The Kier molecular flexibility index (Phi) is 7.34. The molecule has 0 saturated carbocycles. The van der Waals surface area contributed by atoms with Gasteiger partial charge in [0.05, 0.1) is 0 Å². The van der Waals surface area contributed by atoms with Crippen LogP contribution in [-0.2, 0) is 4.79 Å². The van der Waals surface area contributed by atoms with E-state index >= 15 is 0 Å². The molecule has 0 aromatic rings. The molecule has 1 aliphatic rings. The fraction of sp³-hybridized carbons (Fsp3) is 0.929. The van der Waals surface area contributed by atoms with Gasteiger partial charge in [0.1, 0.15) is 0 Å². The molecular formula is C14H30N4O. The van der Waals surface area contributed by atoms with Gasteiger partial charge in [0.15, 0.2) is 0 Å². The summed E-state index contributed by atoms with van der Waals surface area (Å²) in [7, 11) is 2.18. The van der Waals surface area contributed by atoms with Crippen molar-refractivity contribution >= 4 is 5.91 Å². The van der Waals surface area contributed by atoms with Gasteiger partial charge < -0.3 is 16.0 Å². The van der Waals surface area contributed by atoms with Crippen molar-refractivity contribution in [2.24, 2.45) is 5.73 Å². The number of rotatable bonds is 7. The molecule has 0 radical (unpaired) electrons. The molecule has 1 amide bonds. The number of carbonyl (C=O) groups excluding carboxylic acids is 1. The molecule has 112 valence electrons. The molecule has 0 bridgehead atoms. The Morgan fingerprint density at radius 3 is 2.74 bits per heavy atom. The number of nitrogens with one attached hydrogen (secondary N) is 1. The summed E-state index contributed by atoms with van der Waals surface area (Å²) in [6, 6.07) is 0.765. The first kappa shape index (κ1) is 16.4. The summed E-state index contributed by atoms with van der Waals surface area (Å²) in [6.45, 7) is 8.69. The summed E-state index contributed by atoms with van der Waals surface area (Å²) in [5, 5.41) is 2.94. The van der Waals surface area contributed by atoms with Gasteiger partial charge >= 0.3 is 0 Å². The van der Waals surface area contributed by atoms with E-state index < -0.39 is 0 Å². The molecule has 5 nitrogen and oxygen atoms in total. The lowest BCUT2D eigenvalue weighted by atomic mass is 10.1. The topological polar surface area (TPSA) is 61.6 Å². The number of nitrogens with zero attached hydrogens (tertiary/aromatic N) is 2. The molecule has 19 heavy (non-hydrogen) atoms. The summed E-state index contributed by atoms with van der Waals surface area (Å²) in [5.41, 5.74) is 5.87. The second-order valence-electron chi connectivity index (χ2n) is 5.48. The lowest BCUT2D eigenvalue weighted by Crippen LogP contribution is -2.56. The number of nitrogens with two attached hydrogens (primary N) is 1. The SMILES string of the molecule is CCCNC(=O)CC(CN)N1CCN(C)C(CC)C1. The zero-order chi connectivity index (χ0) is 14.3. The largest absolute Gasteiger partial charge is 0.356 e. The first-order valence-corrected chi connectivity index (χ1v) is 7.53. The molecule has 0 aromatic heterocycles. The highest BCUT2D eigenvalue weighted by atomic mass is 16.1. The Morgan fingerprint density at radius 2 is 2.16 bits per heavy atom. The van der Waals surface area contributed by atoms with E-state index in [1.807, 2.05) is 0 Å². The zero-order valence-electron chi connectivity index (χ0n) is 12.7. The second-order valence-corrected chi connectivity index (χ2v) is 5.48. The fourth-order valence-electron chi connectivity index (χ4n) is 2.65. The van der Waals surface area contributed by atoms with Crippen LogP contribution in [0.3, 0.4) is 0 Å². The third kappa shape index (κ3) is 5.09. The van der Waals surface area contributed by atoms with Crippen LogP contribution in [0.15, 0.2) is 0 Å². The van der Waals surface area contributed by atoms with Crippen molar-refractivity contribution < 1.29 is 4.79 Å². The Bertz CT molecular complexity index is 272. The monoisotopic (exact) mass is 270 g/mol. The van der Waals surface area contributed by atoms with E-state index in [9.17, 15) is 4.79 Å². The van der Waals surface area contributed by atoms with Crippen LogP contribution in [0.5, 0.6) is 0 Å². The van der Waals surface area contributed by atoms with Crippen LogP contribution in [-0.4, -0.2) is 67.6 Å². The lowest BCUT2D eigenvalue weighted by Gasteiger charge is -2.42. The van der Waals surface area contributed by atoms with Crippen molar-refractivity contribution in [3.8, 4) is 0 Å². The summed E-state index contributed by atoms with van der Waals surface area (Å²) >= 11 is 0. The minimum Gasteiger partial charge on any atom is -0.356 e. The highest BCUT2D eigenvalue weighted by Crippen LogP contribution is 2.14. The van der Waals surface area contributed by atoms with Crippen molar-refractivity contribution in [3.63, 3.8) is 0 Å². The molecule has 2 unspecified atom stereocenters. The summed E-state index contributed by atoms with van der Waals surface area (Å²) < 4.78 is 0. The maximum absolute atomic E-state index is 11.8. The average Bonchev–Trinajstić information content (AvgIpc) is 2.43. The molecule has 1 fully saturated rings. The molecule has 0 aromatic carbocycles. The highest BCUT2D eigenvalue weighted by Gasteiger charge is 2.28. The van der Waals surface area contributed by atoms with Crippen LogP contribution in [0.4, 0.5) is 0 Å². The normalized spacial score (nSPS) is 23.3. The predicted molar refractivity (Wildman–Crippen MR) is 79.0 cm³/mol. The molecule has 2 atom stereocenters. The highest BCUT2D eigenvalue weighted by molar-refractivity contribution is 5.76. The van der Waals surface area contributed by atoms with Crippen molar-refractivity contribution in [1.29, 1.82) is 0 Å². The average molecular weight is 270 g/mol. The third-order valence-corrected chi connectivity index (χ3v) is 4.06. The van der Waals surface area contributed by atoms with E-state index in [0.29, 0.717) is 19.0 Å². The maximum atomic E-state index is 11.8. The van der Waals surface area contributed by atoms with E-state index in [-0.39, 0.29) is 11.9 Å². The number of amides is 1. The van der Waals surface area contributed by atoms with Crippen molar-refractivity contribution in [3.05, 3.63) is 0 Å². The number of hydrogen-bond donors (Lipinski definition) is 2. The Balaban J connectivity index is 2.47. The van der Waals surface area contributed by atoms with E-state index in [0.717, 1.165) is 39.0 Å². The lowest BCUT2D eigenvalue weighted by molar-refractivity contribution is -0.122. The number of piperazine rings is 1. The van der Waals surface area contributed by atoms with Gasteiger partial charge in [-0.3, -0.25) is 9.69 Å². The predicted octanol–water partition coefficient (Wildman–Crippen LogP) is 0.256. The molecule has 0 spiro atoms. The van der Waals surface area contributed by atoms with Crippen molar-refractivity contribution in [1.82, 2.24) is 15.1 Å². The van der Waals surface area contributed by atoms with Crippen LogP contribution in [0.25, 0.3) is 0 Å². The van der Waals surface area contributed by atoms with Crippen LogP contribution in [0.2, 0.25) is 0 Å². The van der Waals surface area contributed by atoms with Crippen LogP contribution >= 0.6 is 0 Å². The number of hydrogen-bond acceptors (Lipinski definition) is 4. The Morgan fingerprint density at radius 1 is 1.42 bits per heavy atom. The van der Waals surface area contributed by atoms with Gasteiger partial charge in [-0.2, -0.15) is 0 Å². The minimum atomic E-state index is 0.129. The minimum absolute atomic E-state index is 0.129. The molecule has 1 saturated heterocycles. The van der Waals surface area contributed by atoms with Gasteiger partial charge in [-0.15, -0.1) is 0 Å². The van der Waals surface area contributed by atoms with E-state index in [2.05, 4.69) is 36.0 Å². The number of carbonyl (C=O) groups is 1. The van der Waals surface area contributed by atoms with Gasteiger partial charge in [-0.1, -0.05) is 13.8 Å². The van der Waals surface area contributed by atoms with Crippen LogP contribution < -0.4 is 11.1 Å². The summed E-state index contributed by atoms with van der Waals surface area (Å²) in [6.07, 6.45) is 2.65. The Hall–Kier alpha value is -0.650. The zero-order valence-corrected chi connectivity index (χ0v) is 12.7. The van der Waals surface area contributed by atoms with E-state index in [4.69, 9.17) is 5.73 Å². The van der Waals surface area contributed by atoms with Crippen molar-refractivity contribution in [2.45, 2.75) is 45.2 Å². The van der Waals surface area contributed by atoms with Gasteiger partial charge in [0.2, 0.25) is 5.91 Å². The molecule has 5 heteroatoms. The van der Waals surface area contributed by atoms with Gasteiger partial charge in [0.25, 0.3) is 0 Å². The van der Waals surface area contributed by atoms with E-state index in [1.54, 1.807) is 0 Å². The third-order valence-electron chi connectivity index (χ3n) is 4.06. The maximum Gasteiger partial charge on any atom is 0.221 e. The second kappa shape index (κ2) is 8.51. The van der Waals surface area contributed by atoms with Crippen molar-refractivity contribution in [2.75, 3.05) is 39.8 Å². The first-order chi connectivity index (χ1) is 9.12. The molecule has 1 aliphatic heterocycles. The summed E-state index contributed by atoms with van der Waals surface area (Å²) in [5.74, 6) is 0.129. The molecule has 1 heterocycles. The van der Waals surface area contributed by atoms with Crippen LogP contribution in [0, 0.1) is 0 Å². The summed E-state index contributed by atoms with van der Waals surface area (Å²) in [4.78, 5) is 16.6. The quantitative estimate of drug-likeness (QED) is 0.696. The van der Waals surface area contributed by atoms with Crippen LogP contribution in [0.1, 0.15) is 33.1 Å². The standard InChI is InChI=1S/C14H30N4O/c1-4-6-16-14(19)9-13(10-15)18-8-7-17(3)12(5-2)11-18/h12-13H,4-11,15H2,1-3H3,(H,16,19). The molecule has 0 aliphatic carbocycles. The van der Waals surface area contributed by atoms with Gasteiger partial charge in [-0.05, 0) is 19.9 Å². The van der Waals surface area contributed by atoms with E-state index in [1.165, 1.54) is 0 Å². The molecule has 3 N–H and O–H groups in total. The molecular weight excluding hydrogens is 240 g/mol. The smallest absolute Gasteiger partial charge is 0.221 e. The molecule has 1 rings (SSSR count). The first-order valence-electron chi connectivity index (χ1n) is 7.53. The number of likely N-dealkylation sites (N-methyl/N-ethyl adjacent to an activating group) is 1. The Labute approximate surface area is 117 Å². The fourth-order valence-corrected chi connectivity index (χ4v) is 2.65.